The summed E-state index contributed by atoms with van der Waals surface area (Å²) < 4.78 is 34.7. The van der Waals surface area contributed by atoms with Crippen LogP contribution in [0.15, 0.2) is 40.0 Å². The van der Waals surface area contributed by atoms with Crippen LogP contribution in [0.1, 0.15) is 25.0 Å². The molecule has 2 rings (SSSR count). The zero-order valence-corrected chi connectivity index (χ0v) is 16.9. The van der Waals surface area contributed by atoms with Gasteiger partial charge < -0.3 is 25.2 Å². The first-order valence-electron chi connectivity index (χ1n) is 8.74. The zero-order valence-electron chi connectivity index (χ0n) is 16.0. The Morgan fingerprint density at radius 2 is 2.07 bits per heavy atom. The number of thiophene rings is 1. The second-order valence-corrected chi connectivity index (χ2v) is 6.98. The van der Waals surface area contributed by atoms with E-state index >= 15 is 0 Å². The first-order chi connectivity index (χ1) is 13.4. The lowest BCUT2D eigenvalue weighted by atomic mass is 9.99. The predicted octanol–water partition coefficient (Wildman–Crippen LogP) is 3.32. The van der Waals surface area contributed by atoms with Gasteiger partial charge in [0.2, 0.25) is 0 Å². The summed E-state index contributed by atoms with van der Waals surface area (Å²) in [6.07, 6.45) is 0. The van der Waals surface area contributed by atoms with E-state index in [1.54, 1.807) is 19.1 Å². The van der Waals surface area contributed by atoms with Crippen molar-refractivity contribution in [2.75, 3.05) is 20.2 Å². The van der Waals surface area contributed by atoms with Crippen molar-refractivity contribution in [1.82, 2.24) is 10.6 Å². The van der Waals surface area contributed by atoms with Crippen LogP contribution in [-0.2, 0) is 12.1 Å². The SMILES string of the molecule is CCNC(=NCc1ccc(OC)c(OC(F)F)c1)NCC(C)(O)c1ccsc1. The molecule has 154 valence electrons. The van der Waals surface area contributed by atoms with Crippen LogP contribution in [0.2, 0.25) is 0 Å². The van der Waals surface area contributed by atoms with Crippen molar-refractivity contribution in [2.24, 2.45) is 4.99 Å². The Kier molecular flexibility index (Phi) is 8.01. The molecule has 0 spiro atoms. The zero-order chi connectivity index (χ0) is 20.6. The molecule has 2 aromatic rings. The van der Waals surface area contributed by atoms with Gasteiger partial charge in [-0.25, -0.2) is 4.99 Å². The molecule has 0 radical (unpaired) electrons. The Labute approximate surface area is 167 Å². The number of hydrogen-bond donors (Lipinski definition) is 3. The predicted molar refractivity (Wildman–Crippen MR) is 106 cm³/mol. The average molecular weight is 413 g/mol. The molecule has 1 heterocycles. The lowest BCUT2D eigenvalue weighted by molar-refractivity contribution is -0.0512. The van der Waals surface area contributed by atoms with E-state index in [1.807, 2.05) is 23.8 Å². The van der Waals surface area contributed by atoms with Gasteiger partial charge in [0.15, 0.2) is 17.5 Å². The number of guanidine groups is 1. The van der Waals surface area contributed by atoms with Crippen LogP contribution in [0.5, 0.6) is 11.5 Å². The second kappa shape index (κ2) is 10.2. The van der Waals surface area contributed by atoms with E-state index in [2.05, 4.69) is 20.4 Å². The summed E-state index contributed by atoms with van der Waals surface area (Å²) in [7, 11) is 1.39. The topological polar surface area (TPSA) is 75.1 Å². The number of alkyl halides is 2. The normalized spacial score (nSPS) is 13.9. The summed E-state index contributed by atoms with van der Waals surface area (Å²) >= 11 is 1.52. The van der Waals surface area contributed by atoms with Gasteiger partial charge in [0, 0.05) is 6.54 Å². The Hall–Kier alpha value is -2.39. The van der Waals surface area contributed by atoms with Crippen molar-refractivity contribution < 1.29 is 23.4 Å². The molecule has 0 saturated carbocycles. The van der Waals surface area contributed by atoms with Crippen molar-refractivity contribution in [3.63, 3.8) is 0 Å². The van der Waals surface area contributed by atoms with E-state index in [0.29, 0.717) is 18.1 Å². The number of halogens is 2. The Morgan fingerprint density at radius 3 is 2.68 bits per heavy atom. The first-order valence-corrected chi connectivity index (χ1v) is 9.69. The van der Waals surface area contributed by atoms with Crippen LogP contribution in [0.25, 0.3) is 0 Å². The molecule has 1 unspecified atom stereocenters. The summed E-state index contributed by atoms with van der Waals surface area (Å²) in [5.41, 5.74) is 0.456. The molecule has 0 bridgehead atoms. The van der Waals surface area contributed by atoms with E-state index in [4.69, 9.17) is 4.74 Å². The number of hydrogen-bond acceptors (Lipinski definition) is 5. The minimum atomic E-state index is -2.94. The van der Waals surface area contributed by atoms with Crippen molar-refractivity contribution in [3.05, 3.63) is 46.2 Å². The molecule has 6 nitrogen and oxygen atoms in total. The van der Waals surface area contributed by atoms with E-state index in [9.17, 15) is 13.9 Å². The molecule has 0 aliphatic rings. The maximum Gasteiger partial charge on any atom is 0.387 e. The van der Waals surface area contributed by atoms with Gasteiger partial charge >= 0.3 is 6.61 Å². The third-order valence-corrected chi connectivity index (χ3v) is 4.63. The molecule has 1 aromatic heterocycles. The van der Waals surface area contributed by atoms with Gasteiger partial charge in [0.25, 0.3) is 0 Å². The van der Waals surface area contributed by atoms with Crippen LogP contribution >= 0.6 is 11.3 Å². The number of aliphatic imine (C=N–C) groups is 1. The van der Waals surface area contributed by atoms with Gasteiger partial charge in [-0.05, 0) is 53.9 Å². The fourth-order valence-corrected chi connectivity index (χ4v) is 3.23. The van der Waals surface area contributed by atoms with Crippen LogP contribution in [0.3, 0.4) is 0 Å². The number of methoxy groups -OCH3 is 1. The third kappa shape index (κ3) is 6.35. The number of aliphatic hydroxyl groups is 1. The highest BCUT2D eigenvalue weighted by molar-refractivity contribution is 7.08. The standard InChI is InChI=1S/C19H25F2N3O3S/c1-4-22-18(24-12-19(2,25)14-7-8-28-11-14)23-10-13-5-6-15(26-3)16(9-13)27-17(20)21/h5-9,11,17,25H,4,10,12H2,1-3H3,(H2,22,23,24). The van der Waals surface area contributed by atoms with Gasteiger partial charge in [-0.1, -0.05) is 6.07 Å². The highest BCUT2D eigenvalue weighted by Gasteiger charge is 2.23. The lowest BCUT2D eigenvalue weighted by Crippen LogP contribution is -2.44. The molecule has 0 saturated heterocycles. The molecular formula is C19H25F2N3O3S. The smallest absolute Gasteiger partial charge is 0.387 e. The molecule has 0 aliphatic heterocycles. The fourth-order valence-electron chi connectivity index (χ4n) is 2.45. The van der Waals surface area contributed by atoms with Gasteiger partial charge in [0.1, 0.15) is 5.60 Å². The number of ether oxygens (including phenoxy) is 2. The minimum absolute atomic E-state index is 0.0384. The molecule has 3 N–H and O–H groups in total. The van der Waals surface area contributed by atoms with Crippen LogP contribution in [-0.4, -0.2) is 37.9 Å². The van der Waals surface area contributed by atoms with Gasteiger partial charge in [0.05, 0.1) is 20.2 Å². The number of nitrogens with zero attached hydrogens (tertiary/aromatic N) is 1. The van der Waals surface area contributed by atoms with Gasteiger partial charge in [-0.15, -0.1) is 0 Å². The Bertz CT molecular complexity index is 768. The largest absolute Gasteiger partial charge is 0.493 e. The summed E-state index contributed by atoms with van der Waals surface area (Å²) in [6.45, 7) is 1.84. The van der Waals surface area contributed by atoms with Crippen molar-refractivity contribution in [1.29, 1.82) is 0 Å². The lowest BCUT2D eigenvalue weighted by Gasteiger charge is -2.24. The number of nitrogens with one attached hydrogen (secondary N) is 2. The van der Waals surface area contributed by atoms with Crippen LogP contribution in [0.4, 0.5) is 8.78 Å². The molecule has 28 heavy (non-hydrogen) atoms. The van der Waals surface area contributed by atoms with E-state index < -0.39 is 12.2 Å². The van der Waals surface area contributed by atoms with Crippen molar-refractivity contribution in [2.45, 2.75) is 32.6 Å². The monoisotopic (exact) mass is 413 g/mol. The van der Waals surface area contributed by atoms with Crippen LogP contribution < -0.4 is 20.1 Å². The van der Waals surface area contributed by atoms with E-state index in [0.717, 1.165) is 5.56 Å². The van der Waals surface area contributed by atoms with Crippen molar-refractivity contribution >= 4 is 17.3 Å². The minimum Gasteiger partial charge on any atom is -0.493 e. The first kappa shape index (κ1) is 21.9. The summed E-state index contributed by atoms with van der Waals surface area (Å²) in [6, 6.07) is 6.63. The van der Waals surface area contributed by atoms with Crippen molar-refractivity contribution in [3.8, 4) is 11.5 Å². The quantitative estimate of drug-likeness (QED) is 0.434. The molecular weight excluding hydrogens is 388 g/mol. The number of rotatable bonds is 9. The van der Waals surface area contributed by atoms with E-state index in [-0.39, 0.29) is 24.6 Å². The van der Waals surface area contributed by atoms with Crippen LogP contribution in [0, 0.1) is 0 Å². The summed E-state index contributed by atoms with van der Waals surface area (Å²) in [5, 5.41) is 20.6. The molecule has 0 fully saturated rings. The second-order valence-electron chi connectivity index (χ2n) is 6.20. The summed E-state index contributed by atoms with van der Waals surface area (Å²) in [5.74, 6) is 0.693. The maximum atomic E-state index is 12.6. The third-order valence-electron chi connectivity index (χ3n) is 3.95. The molecule has 0 aliphatic carbocycles. The van der Waals surface area contributed by atoms with Gasteiger partial charge in [-0.3, -0.25) is 0 Å². The van der Waals surface area contributed by atoms with E-state index in [1.165, 1.54) is 24.5 Å². The average Bonchev–Trinajstić information content (AvgIpc) is 3.19. The Morgan fingerprint density at radius 1 is 1.29 bits per heavy atom. The highest BCUT2D eigenvalue weighted by atomic mass is 32.1. The summed E-state index contributed by atoms with van der Waals surface area (Å²) in [4.78, 5) is 4.45. The molecule has 1 aromatic carbocycles. The molecule has 9 heteroatoms. The fraction of sp³-hybridized carbons (Fsp3) is 0.421. The molecule has 1 atom stereocenters. The Balaban J connectivity index is 2.07. The highest BCUT2D eigenvalue weighted by Crippen LogP contribution is 2.29. The van der Waals surface area contributed by atoms with Gasteiger partial charge in [-0.2, -0.15) is 20.1 Å². The number of benzene rings is 1. The molecule has 0 amide bonds. The maximum absolute atomic E-state index is 12.6.